The van der Waals surface area contributed by atoms with Crippen molar-refractivity contribution in [1.82, 2.24) is 10.2 Å². The molecule has 5 heteroatoms. The SMILES string of the molecule is NCCN1CCC(NC(=O)Cc2cccc(O)c2)CC1. The Balaban J connectivity index is 1.75. The summed E-state index contributed by atoms with van der Waals surface area (Å²) in [5, 5.41) is 12.5. The van der Waals surface area contributed by atoms with E-state index in [1.54, 1.807) is 18.2 Å². The lowest BCUT2D eigenvalue weighted by Crippen LogP contribution is -2.46. The number of nitrogens with one attached hydrogen (secondary N) is 1. The van der Waals surface area contributed by atoms with Crippen LogP contribution in [-0.4, -0.2) is 48.1 Å². The van der Waals surface area contributed by atoms with E-state index in [2.05, 4.69) is 10.2 Å². The number of carbonyl (C=O) groups is 1. The van der Waals surface area contributed by atoms with E-state index in [0.717, 1.165) is 38.0 Å². The summed E-state index contributed by atoms with van der Waals surface area (Å²) in [6.07, 6.45) is 2.27. The van der Waals surface area contributed by atoms with Crippen molar-refractivity contribution in [2.24, 2.45) is 5.73 Å². The Kier molecular flexibility index (Phi) is 5.38. The third-order valence-corrected chi connectivity index (χ3v) is 3.67. The number of hydrogen-bond donors (Lipinski definition) is 3. The number of carbonyl (C=O) groups excluding carboxylic acids is 1. The molecule has 1 aliphatic rings. The molecule has 0 atom stereocenters. The second-order valence-electron chi connectivity index (χ2n) is 5.32. The molecule has 1 saturated heterocycles. The van der Waals surface area contributed by atoms with Crippen LogP contribution in [0.2, 0.25) is 0 Å². The van der Waals surface area contributed by atoms with Crippen molar-refractivity contribution in [1.29, 1.82) is 0 Å². The lowest BCUT2D eigenvalue weighted by atomic mass is 10.0. The van der Waals surface area contributed by atoms with Gasteiger partial charge in [-0.3, -0.25) is 4.79 Å². The fourth-order valence-electron chi connectivity index (χ4n) is 2.61. The van der Waals surface area contributed by atoms with Crippen LogP contribution in [0, 0.1) is 0 Å². The molecule has 0 unspecified atom stereocenters. The standard InChI is InChI=1S/C15H23N3O2/c16-6-9-18-7-4-13(5-8-18)17-15(20)11-12-2-1-3-14(19)10-12/h1-3,10,13,19H,4-9,11,16H2,(H,17,20). The number of amides is 1. The number of phenolic OH excluding ortho intramolecular Hbond substituents is 1. The van der Waals surface area contributed by atoms with E-state index in [9.17, 15) is 9.90 Å². The van der Waals surface area contributed by atoms with Crippen LogP contribution in [-0.2, 0) is 11.2 Å². The Bertz CT molecular complexity index is 442. The van der Waals surface area contributed by atoms with Gasteiger partial charge in [0.25, 0.3) is 0 Å². The van der Waals surface area contributed by atoms with Gasteiger partial charge in [0.1, 0.15) is 5.75 Å². The Labute approximate surface area is 119 Å². The predicted octanol–water partition coefficient (Wildman–Crippen LogP) is 0.474. The largest absolute Gasteiger partial charge is 0.508 e. The van der Waals surface area contributed by atoms with Crippen LogP contribution >= 0.6 is 0 Å². The Morgan fingerprint density at radius 1 is 1.40 bits per heavy atom. The molecule has 0 radical (unpaired) electrons. The molecule has 1 heterocycles. The molecule has 0 aromatic heterocycles. The van der Waals surface area contributed by atoms with Crippen LogP contribution in [0.15, 0.2) is 24.3 Å². The van der Waals surface area contributed by atoms with Crippen LogP contribution in [0.5, 0.6) is 5.75 Å². The predicted molar refractivity (Wildman–Crippen MR) is 78.5 cm³/mol. The summed E-state index contributed by atoms with van der Waals surface area (Å²) in [4.78, 5) is 14.3. The average molecular weight is 277 g/mol. The van der Waals surface area contributed by atoms with E-state index in [-0.39, 0.29) is 17.7 Å². The van der Waals surface area contributed by atoms with Crippen LogP contribution in [0.25, 0.3) is 0 Å². The fraction of sp³-hybridized carbons (Fsp3) is 0.533. The molecular formula is C15H23N3O2. The third-order valence-electron chi connectivity index (χ3n) is 3.67. The summed E-state index contributed by atoms with van der Waals surface area (Å²) in [6, 6.07) is 7.10. The smallest absolute Gasteiger partial charge is 0.224 e. The number of benzene rings is 1. The minimum absolute atomic E-state index is 0.0212. The number of nitrogens with zero attached hydrogens (tertiary/aromatic N) is 1. The van der Waals surface area contributed by atoms with E-state index in [1.165, 1.54) is 0 Å². The van der Waals surface area contributed by atoms with Crippen molar-refractivity contribution in [3.63, 3.8) is 0 Å². The van der Waals surface area contributed by atoms with Crippen LogP contribution in [0.1, 0.15) is 18.4 Å². The van der Waals surface area contributed by atoms with E-state index < -0.39 is 0 Å². The van der Waals surface area contributed by atoms with Crippen molar-refractivity contribution in [2.45, 2.75) is 25.3 Å². The Hall–Kier alpha value is -1.59. The van der Waals surface area contributed by atoms with Crippen molar-refractivity contribution in [2.75, 3.05) is 26.2 Å². The second-order valence-corrected chi connectivity index (χ2v) is 5.32. The number of hydrogen-bond acceptors (Lipinski definition) is 4. The highest BCUT2D eigenvalue weighted by molar-refractivity contribution is 5.79. The van der Waals surface area contributed by atoms with Crippen molar-refractivity contribution >= 4 is 5.91 Å². The molecule has 0 saturated carbocycles. The van der Waals surface area contributed by atoms with E-state index in [0.29, 0.717) is 13.0 Å². The molecule has 1 fully saturated rings. The van der Waals surface area contributed by atoms with E-state index >= 15 is 0 Å². The number of aromatic hydroxyl groups is 1. The molecule has 2 rings (SSSR count). The highest BCUT2D eigenvalue weighted by atomic mass is 16.3. The number of piperidine rings is 1. The molecule has 0 aliphatic carbocycles. The molecule has 1 amide bonds. The molecule has 4 N–H and O–H groups in total. The van der Waals surface area contributed by atoms with Gasteiger partial charge in [-0.25, -0.2) is 0 Å². The minimum Gasteiger partial charge on any atom is -0.508 e. The summed E-state index contributed by atoms with van der Waals surface area (Å²) in [5.41, 5.74) is 6.38. The van der Waals surface area contributed by atoms with E-state index in [4.69, 9.17) is 5.73 Å². The van der Waals surface area contributed by atoms with Gasteiger partial charge in [0.15, 0.2) is 0 Å². The number of rotatable bonds is 5. The van der Waals surface area contributed by atoms with E-state index in [1.807, 2.05) is 6.07 Å². The second kappa shape index (κ2) is 7.26. The quantitative estimate of drug-likeness (QED) is 0.731. The first-order chi connectivity index (χ1) is 9.67. The average Bonchev–Trinajstić information content (AvgIpc) is 2.41. The van der Waals surface area contributed by atoms with Gasteiger partial charge in [-0.1, -0.05) is 12.1 Å². The molecule has 5 nitrogen and oxygen atoms in total. The monoisotopic (exact) mass is 277 g/mol. The topological polar surface area (TPSA) is 78.6 Å². The number of likely N-dealkylation sites (tertiary alicyclic amines) is 1. The van der Waals surface area contributed by atoms with Crippen molar-refractivity contribution < 1.29 is 9.90 Å². The highest BCUT2D eigenvalue weighted by Gasteiger charge is 2.20. The lowest BCUT2D eigenvalue weighted by Gasteiger charge is -2.32. The maximum Gasteiger partial charge on any atom is 0.224 e. The third kappa shape index (κ3) is 4.51. The maximum atomic E-state index is 12.0. The summed E-state index contributed by atoms with van der Waals surface area (Å²) >= 11 is 0. The normalized spacial score (nSPS) is 17.1. The first kappa shape index (κ1) is 14.8. The molecule has 1 aromatic rings. The van der Waals surface area contributed by atoms with Crippen molar-refractivity contribution in [3.8, 4) is 5.75 Å². The first-order valence-corrected chi connectivity index (χ1v) is 7.17. The molecule has 20 heavy (non-hydrogen) atoms. The zero-order valence-corrected chi connectivity index (χ0v) is 11.7. The van der Waals surface area contributed by atoms with Crippen LogP contribution in [0.3, 0.4) is 0 Å². The zero-order chi connectivity index (χ0) is 14.4. The van der Waals surface area contributed by atoms with Gasteiger partial charge < -0.3 is 21.1 Å². The number of phenols is 1. The lowest BCUT2D eigenvalue weighted by molar-refractivity contribution is -0.121. The van der Waals surface area contributed by atoms with Gasteiger partial charge in [-0.05, 0) is 30.5 Å². The van der Waals surface area contributed by atoms with Gasteiger partial charge in [0.05, 0.1) is 6.42 Å². The fourth-order valence-corrected chi connectivity index (χ4v) is 2.61. The molecular weight excluding hydrogens is 254 g/mol. The Morgan fingerprint density at radius 2 is 2.15 bits per heavy atom. The van der Waals surface area contributed by atoms with Gasteiger partial charge in [-0.15, -0.1) is 0 Å². The van der Waals surface area contributed by atoms with Gasteiger partial charge in [0.2, 0.25) is 5.91 Å². The minimum atomic E-state index is 0.0212. The Morgan fingerprint density at radius 3 is 2.80 bits per heavy atom. The van der Waals surface area contributed by atoms with Gasteiger partial charge in [0, 0.05) is 32.2 Å². The van der Waals surface area contributed by atoms with Crippen molar-refractivity contribution in [3.05, 3.63) is 29.8 Å². The first-order valence-electron chi connectivity index (χ1n) is 7.17. The molecule has 0 bridgehead atoms. The molecule has 1 aromatic carbocycles. The van der Waals surface area contributed by atoms with Gasteiger partial charge >= 0.3 is 0 Å². The molecule has 1 aliphatic heterocycles. The van der Waals surface area contributed by atoms with Crippen LogP contribution < -0.4 is 11.1 Å². The summed E-state index contributed by atoms with van der Waals surface area (Å²) in [5.74, 6) is 0.221. The summed E-state index contributed by atoms with van der Waals surface area (Å²) in [7, 11) is 0. The van der Waals surface area contributed by atoms with Crippen LogP contribution in [0.4, 0.5) is 0 Å². The summed E-state index contributed by atoms with van der Waals surface area (Å²) < 4.78 is 0. The molecule has 110 valence electrons. The molecule has 0 spiro atoms. The highest BCUT2D eigenvalue weighted by Crippen LogP contribution is 2.13. The maximum absolute atomic E-state index is 12.0. The number of nitrogens with two attached hydrogens (primary N) is 1. The summed E-state index contributed by atoms with van der Waals surface area (Å²) in [6.45, 7) is 3.61. The van der Waals surface area contributed by atoms with Gasteiger partial charge in [-0.2, -0.15) is 0 Å². The zero-order valence-electron chi connectivity index (χ0n) is 11.7.